The number of aromatic nitrogens is 2. The topological polar surface area (TPSA) is 84.2 Å². The molecule has 2 atom stereocenters. The third kappa shape index (κ3) is 1.98. The van der Waals surface area contributed by atoms with Crippen molar-refractivity contribution in [2.75, 3.05) is 5.32 Å². The lowest BCUT2D eigenvalue weighted by molar-refractivity contribution is -0.139. The minimum absolute atomic E-state index is 0.240. The van der Waals surface area contributed by atoms with Crippen LogP contribution in [0.15, 0.2) is 12.4 Å². The molecule has 1 amide bonds. The van der Waals surface area contributed by atoms with Gasteiger partial charge in [-0.1, -0.05) is 0 Å². The highest BCUT2D eigenvalue weighted by Gasteiger charge is 2.48. The Hall–Kier alpha value is -1.85. The Bertz CT molecular complexity index is 412. The van der Waals surface area contributed by atoms with Crippen LogP contribution >= 0.6 is 0 Å². The minimum atomic E-state index is -0.902. The van der Waals surface area contributed by atoms with Crippen LogP contribution in [0.5, 0.6) is 0 Å². The Labute approximate surface area is 85.9 Å². The zero-order valence-corrected chi connectivity index (χ0v) is 8.17. The van der Waals surface area contributed by atoms with Gasteiger partial charge in [0.2, 0.25) is 5.91 Å². The highest BCUT2D eigenvalue weighted by molar-refractivity contribution is 5.98. The van der Waals surface area contributed by atoms with Crippen LogP contribution in [0.3, 0.4) is 0 Å². The Morgan fingerprint density at radius 2 is 2.33 bits per heavy atom. The average Bonchev–Trinajstić information content (AvgIpc) is 2.86. The van der Waals surface area contributed by atoms with Crippen LogP contribution in [0.1, 0.15) is 6.42 Å². The second-order valence-corrected chi connectivity index (χ2v) is 3.68. The van der Waals surface area contributed by atoms with E-state index in [-0.39, 0.29) is 11.8 Å². The lowest BCUT2D eigenvalue weighted by Crippen LogP contribution is -2.16. The summed E-state index contributed by atoms with van der Waals surface area (Å²) in [5, 5.41) is 15.2. The number of nitrogens with one attached hydrogen (secondary N) is 1. The van der Waals surface area contributed by atoms with Crippen LogP contribution in [0.4, 0.5) is 5.69 Å². The predicted octanol–water partition coefficient (Wildman–Crippen LogP) is 0.0793. The molecule has 0 saturated heterocycles. The minimum Gasteiger partial charge on any atom is -0.481 e. The number of carbonyl (C=O) groups excluding carboxylic acids is 1. The van der Waals surface area contributed by atoms with E-state index in [4.69, 9.17) is 5.11 Å². The summed E-state index contributed by atoms with van der Waals surface area (Å²) in [6, 6.07) is 0. The maximum absolute atomic E-state index is 11.5. The molecule has 2 rings (SSSR count). The summed E-state index contributed by atoms with van der Waals surface area (Å²) >= 11 is 0. The fourth-order valence-corrected chi connectivity index (χ4v) is 1.48. The van der Waals surface area contributed by atoms with E-state index in [0.717, 1.165) is 0 Å². The van der Waals surface area contributed by atoms with Crippen LogP contribution in [0, 0.1) is 11.8 Å². The van der Waals surface area contributed by atoms with Crippen molar-refractivity contribution < 1.29 is 14.7 Å². The molecule has 2 N–H and O–H groups in total. The van der Waals surface area contributed by atoms with Crippen molar-refractivity contribution in [3.63, 3.8) is 0 Å². The smallest absolute Gasteiger partial charge is 0.307 e. The molecular formula is C9H11N3O3. The molecule has 80 valence electrons. The first-order valence-electron chi connectivity index (χ1n) is 4.60. The second kappa shape index (κ2) is 3.38. The number of hydrogen-bond acceptors (Lipinski definition) is 3. The number of anilines is 1. The number of carbonyl (C=O) groups is 2. The van der Waals surface area contributed by atoms with Crippen molar-refractivity contribution in [2.45, 2.75) is 6.42 Å². The predicted molar refractivity (Wildman–Crippen MR) is 51.1 cm³/mol. The van der Waals surface area contributed by atoms with Crippen molar-refractivity contribution >= 4 is 17.6 Å². The largest absolute Gasteiger partial charge is 0.481 e. The molecule has 1 saturated carbocycles. The molecule has 1 aliphatic rings. The van der Waals surface area contributed by atoms with Gasteiger partial charge in [0.15, 0.2) is 0 Å². The maximum atomic E-state index is 11.5. The van der Waals surface area contributed by atoms with Crippen molar-refractivity contribution in [2.24, 2.45) is 18.9 Å². The summed E-state index contributed by atoms with van der Waals surface area (Å²) < 4.78 is 1.57. The maximum Gasteiger partial charge on any atom is 0.307 e. The standard InChI is InChI=1S/C9H11N3O3/c1-12-4-5(3-10-12)11-8(13)6-2-7(6)9(14)15/h3-4,6-7H,2H2,1H3,(H,11,13)(H,14,15)/t6-,7+/m1/s1. The summed E-state index contributed by atoms with van der Waals surface area (Å²) in [5.41, 5.74) is 0.596. The molecular weight excluding hydrogens is 198 g/mol. The number of aliphatic carboxylic acids is 1. The van der Waals surface area contributed by atoms with Crippen molar-refractivity contribution in [3.8, 4) is 0 Å². The van der Waals surface area contributed by atoms with Gasteiger partial charge in [-0.15, -0.1) is 0 Å². The molecule has 1 heterocycles. The summed E-state index contributed by atoms with van der Waals surface area (Å²) in [4.78, 5) is 22.0. The highest BCUT2D eigenvalue weighted by Crippen LogP contribution is 2.39. The third-order valence-corrected chi connectivity index (χ3v) is 2.42. The average molecular weight is 209 g/mol. The molecule has 0 spiro atoms. The van der Waals surface area contributed by atoms with Gasteiger partial charge in [-0.25, -0.2) is 0 Å². The zero-order valence-electron chi connectivity index (χ0n) is 8.17. The first-order valence-corrected chi connectivity index (χ1v) is 4.60. The Kier molecular flexibility index (Phi) is 2.18. The summed E-state index contributed by atoms with van der Waals surface area (Å²) in [6.07, 6.45) is 3.62. The van der Waals surface area contributed by atoms with Crippen molar-refractivity contribution in [1.29, 1.82) is 0 Å². The summed E-state index contributed by atoms with van der Waals surface area (Å²) in [6.45, 7) is 0. The van der Waals surface area contributed by atoms with E-state index < -0.39 is 11.9 Å². The van der Waals surface area contributed by atoms with E-state index in [2.05, 4.69) is 10.4 Å². The SMILES string of the molecule is Cn1cc(NC(=O)[C@@H]2C[C@@H]2C(=O)O)cn1. The molecule has 0 aromatic carbocycles. The molecule has 0 bridgehead atoms. The lowest BCUT2D eigenvalue weighted by atomic mass is 10.3. The number of rotatable bonds is 3. The van der Waals surface area contributed by atoms with E-state index in [1.165, 1.54) is 6.20 Å². The third-order valence-electron chi connectivity index (χ3n) is 2.42. The summed E-state index contributed by atoms with van der Waals surface area (Å²) in [5.74, 6) is -2.04. The van der Waals surface area contributed by atoms with Crippen molar-refractivity contribution in [1.82, 2.24) is 9.78 Å². The number of carboxylic acids is 1. The van der Waals surface area contributed by atoms with Crippen LogP contribution < -0.4 is 5.32 Å². The molecule has 1 aromatic rings. The quantitative estimate of drug-likeness (QED) is 0.738. The van der Waals surface area contributed by atoms with E-state index >= 15 is 0 Å². The van der Waals surface area contributed by atoms with Crippen LogP contribution in [0.25, 0.3) is 0 Å². The molecule has 1 fully saturated rings. The normalized spacial score (nSPS) is 23.5. The van der Waals surface area contributed by atoms with Gasteiger partial charge in [-0.2, -0.15) is 5.10 Å². The van der Waals surface area contributed by atoms with Gasteiger partial charge in [0, 0.05) is 13.2 Å². The molecule has 0 aliphatic heterocycles. The van der Waals surface area contributed by atoms with E-state index in [0.29, 0.717) is 12.1 Å². The molecule has 1 aliphatic carbocycles. The van der Waals surface area contributed by atoms with E-state index in [9.17, 15) is 9.59 Å². The van der Waals surface area contributed by atoms with Crippen LogP contribution in [0.2, 0.25) is 0 Å². The van der Waals surface area contributed by atoms with Crippen molar-refractivity contribution in [3.05, 3.63) is 12.4 Å². The Morgan fingerprint density at radius 1 is 1.60 bits per heavy atom. The second-order valence-electron chi connectivity index (χ2n) is 3.68. The monoisotopic (exact) mass is 209 g/mol. The first-order chi connectivity index (χ1) is 7.08. The zero-order chi connectivity index (χ0) is 11.0. The molecule has 6 heteroatoms. The fourth-order valence-electron chi connectivity index (χ4n) is 1.48. The molecule has 6 nitrogen and oxygen atoms in total. The van der Waals surface area contributed by atoms with Gasteiger partial charge in [0.05, 0.1) is 23.7 Å². The number of hydrogen-bond donors (Lipinski definition) is 2. The molecule has 1 aromatic heterocycles. The summed E-state index contributed by atoms with van der Waals surface area (Å²) in [7, 11) is 1.74. The van der Waals surface area contributed by atoms with Gasteiger partial charge in [0.1, 0.15) is 0 Å². The fraction of sp³-hybridized carbons (Fsp3) is 0.444. The first kappa shape index (κ1) is 9.70. The Balaban J connectivity index is 1.92. The number of amides is 1. The number of carboxylic acid groups (broad SMARTS) is 1. The highest BCUT2D eigenvalue weighted by atomic mass is 16.4. The van der Waals surface area contributed by atoms with Crippen LogP contribution in [-0.4, -0.2) is 26.8 Å². The number of nitrogens with zero attached hydrogens (tertiary/aromatic N) is 2. The number of aryl methyl sites for hydroxylation is 1. The van der Waals surface area contributed by atoms with Gasteiger partial charge >= 0.3 is 5.97 Å². The Morgan fingerprint density at radius 3 is 2.80 bits per heavy atom. The van der Waals surface area contributed by atoms with Gasteiger partial charge < -0.3 is 10.4 Å². The van der Waals surface area contributed by atoms with Crippen LogP contribution in [-0.2, 0) is 16.6 Å². The van der Waals surface area contributed by atoms with E-state index in [1.807, 2.05) is 0 Å². The molecule has 0 radical (unpaired) electrons. The molecule has 15 heavy (non-hydrogen) atoms. The molecule has 0 unspecified atom stereocenters. The van der Waals surface area contributed by atoms with Gasteiger partial charge in [-0.3, -0.25) is 14.3 Å². The lowest BCUT2D eigenvalue weighted by Gasteiger charge is -1.99. The van der Waals surface area contributed by atoms with E-state index in [1.54, 1.807) is 17.9 Å². The van der Waals surface area contributed by atoms with Gasteiger partial charge in [0.25, 0.3) is 0 Å². The van der Waals surface area contributed by atoms with Gasteiger partial charge in [-0.05, 0) is 6.42 Å².